The molecule has 6 heteroatoms. The quantitative estimate of drug-likeness (QED) is 0.797. The fourth-order valence-corrected chi connectivity index (χ4v) is 2.18. The number of carbonyl (C=O) groups excluding carboxylic acids is 1. The highest BCUT2D eigenvalue weighted by Gasteiger charge is 2.17. The first-order valence-electron chi connectivity index (χ1n) is 5.27. The van der Waals surface area contributed by atoms with E-state index in [1.807, 2.05) is 0 Å². The van der Waals surface area contributed by atoms with Crippen LogP contribution in [0.4, 0.5) is 4.39 Å². The van der Waals surface area contributed by atoms with E-state index in [9.17, 15) is 9.18 Å². The zero-order valence-corrected chi connectivity index (χ0v) is 10.8. The average molecular weight is 266 g/mol. The molecule has 0 aliphatic rings. The molecule has 0 N–H and O–H groups in total. The summed E-state index contributed by atoms with van der Waals surface area (Å²) < 4.78 is 22.4. The van der Waals surface area contributed by atoms with Gasteiger partial charge in [-0.2, -0.15) is 0 Å². The minimum Gasteiger partial charge on any atom is -0.494 e. The smallest absolute Gasteiger partial charge is 0.180 e. The van der Waals surface area contributed by atoms with Gasteiger partial charge in [0.25, 0.3) is 0 Å². The van der Waals surface area contributed by atoms with Gasteiger partial charge in [0, 0.05) is 6.42 Å². The number of ether oxygens (including phenoxy) is 1. The van der Waals surface area contributed by atoms with Crippen molar-refractivity contribution in [1.82, 2.24) is 9.59 Å². The Labute approximate surface area is 108 Å². The fourth-order valence-electron chi connectivity index (χ4n) is 1.59. The van der Waals surface area contributed by atoms with E-state index in [4.69, 9.17) is 4.74 Å². The van der Waals surface area contributed by atoms with E-state index < -0.39 is 5.82 Å². The number of methoxy groups -OCH3 is 1. The maximum Gasteiger partial charge on any atom is 0.180 e. The summed E-state index contributed by atoms with van der Waals surface area (Å²) in [5.41, 5.74) is 0.889. The molecule has 0 bridgehead atoms. The van der Waals surface area contributed by atoms with Crippen LogP contribution in [-0.2, 0) is 6.42 Å². The summed E-state index contributed by atoms with van der Waals surface area (Å²) >= 11 is 1.03. The van der Waals surface area contributed by atoms with Crippen molar-refractivity contribution in [2.75, 3.05) is 7.11 Å². The Kier molecular flexibility index (Phi) is 3.66. The first-order chi connectivity index (χ1) is 8.63. The average Bonchev–Trinajstić information content (AvgIpc) is 2.78. The molecule has 2 rings (SSSR count). The molecule has 0 radical (unpaired) electrons. The first kappa shape index (κ1) is 12.6. The van der Waals surface area contributed by atoms with Gasteiger partial charge in [0.1, 0.15) is 4.88 Å². The summed E-state index contributed by atoms with van der Waals surface area (Å²) in [6.07, 6.45) is -0.0201. The van der Waals surface area contributed by atoms with Crippen molar-refractivity contribution < 1.29 is 13.9 Å². The molecule has 0 atom stereocenters. The van der Waals surface area contributed by atoms with Crippen molar-refractivity contribution in [2.45, 2.75) is 13.3 Å². The number of halogens is 1. The summed E-state index contributed by atoms with van der Waals surface area (Å²) in [4.78, 5) is 12.4. The van der Waals surface area contributed by atoms with Crippen LogP contribution in [0.3, 0.4) is 0 Å². The number of aromatic nitrogens is 2. The van der Waals surface area contributed by atoms with Crippen LogP contribution < -0.4 is 4.74 Å². The highest BCUT2D eigenvalue weighted by Crippen LogP contribution is 2.22. The molecule has 0 unspecified atom stereocenters. The van der Waals surface area contributed by atoms with Crippen LogP contribution in [0.25, 0.3) is 0 Å². The topological polar surface area (TPSA) is 52.1 Å². The van der Waals surface area contributed by atoms with Crippen molar-refractivity contribution in [3.63, 3.8) is 0 Å². The third kappa shape index (κ3) is 2.38. The van der Waals surface area contributed by atoms with Gasteiger partial charge >= 0.3 is 0 Å². The molecule has 0 aliphatic heterocycles. The molecule has 0 aliphatic carbocycles. The first-order valence-corrected chi connectivity index (χ1v) is 6.04. The van der Waals surface area contributed by atoms with Gasteiger partial charge in [-0.15, -0.1) is 5.10 Å². The Morgan fingerprint density at radius 1 is 1.50 bits per heavy atom. The highest BCUT2D eigenvalue weighted by atomic mass is 32.1. The Hall–Kier alpha value is -1.82. The van der Waals surface area contributed by atoms with Crippen molar-refractivity contribution in [1.29, 1.82) is 0 Å². The number of nitrogens with zero attached hydrogens (tertiary/aromatic N) is 2. The number of carbonyl (C=O) groups is 1. The van der Waals surface area contributed by atoms with Crippen molar-refractivity contribution >= 4 is 17.3 Å². The molecule has 0 spiro atoms. The molecular weight excluding hydrogens is 255 g/mol. The third-order valence-corrected chi connectivity index (χ3v) is 3.39. The Morgan fingerprint density at radius 3 is 2.89 bits per heavy atom. The van der Waals surface area contributed by atoms with E-state index in [0.29, 0.717) is 16.1 Å². The molecule has 1 aromatic heterocycles. The van der Waals surface area contributed by atoms with Crippen molar-refractivity contribution in [3.8, 4) is 5.75 Å². The molecule has 0 saturated heterocycles. The summed E-state index contributed by atoms with van der Waals surface area (Å²) in [6.45, 7) is 1.71. The van der Waals surface area contributed by atoms with Crippen molar-refractivity contribution in [2.24, 2.45) is 0 Å². The van der Waals surface area contributed by atoms with E-state index in [0.717, 1.165) is 11.5 Å². The van der Waals surface area contributed by atoms with Gasteiger partial charge < -0.3 is 4.74 Å². The van der Waals surface area contributed by atoms with E-state index in [1.165, 1.54) is 13.2 Å². The SMILES string of the molecule is COc1cccc(CC(=O)c2snnc2C)c1F. The van der Waals surface area contributed by atoms with E-state index in [2.05, 4.69) is 9.59 Å². The van der Waals surface area contributed by atoms with Gasteiger partial charge in [-0.05, 0) is 30.1 Å². The molecule has 94 valence electrons. The molecular formula is C12H11FN2O2S. The Balaban J connectivity index is 2.25. The van der Waals surface area contributed by atoms with Crippen LogP contribution in [-0.4, -0.2) is 22.5 Å². The number of rotatable bonds is 4. The maximum absolute atomic E-state index is 13.9. The van der Waals surface area contributed by atoms with E-state index in [1.54, 1.807) is 19.1 Å². The number of hydrogen-bond donors (Lipinski definition) is 0. The van der Waals surface area contributed by atoms with Gasteiger partial charge in [-0.1, -0.05) is 16.6 Å². The second-order valence-corrected chi connectivity index (χ2v) is 4.47. The van der Waals surface area contributed by atoms with Crippen LogP contribution >= 0.6 is 11.5 Å². The number of aryl methyl sites for hydroxylation is 1. The zero-order chi connectivity index (χ0) is 13.1. The standard InChI is InChI=1S/C12H11FN2O2S/c1-7-12(18-15-14-7)9(16)6-8-4-3-5-10(17-2)11(8)13/h3-5H,6H2,1-2H3. The summed E-state index contributed by atoms with van der Waals surface area (Å²) in [6, 6.07) is 4.74. The van der Waals surface area contributed by atoms with Gasteiger partial charge in [-0.25, -0.2) is 4.39 Å². The van der Waals surface area contributed by atoms with Gasteiger partial charge in [0.15, 0.2) is 17.3 Å². The second-order valence-electron chi connectivity index (χ2n) is 3.72. The van der Waals surface area contributed by atoms with Gasteiger partial charge in [-0.3, -0.25) is 4.79 Å². The lowest BCUT2D eigenvalue weighted by atomic mass is 10.1. The van der Waals surface area contributed by atoms with Crippen LogP contribution in [0, 0.1) is 12.7 Å². The lowest BCUT2D eigenvalue weighted by molar-refractivity contribution is 0.0995. The fraction of sp³-hybridized carbons (Fsp3) is 0.250. The maximum atomic E-state index is 13.9. The predicted octanol–water partition coefficient (Wildman–Crippen LogP) is 2.42. The van der Waals surface area contributed by atoms with Crippen LogP contribution in [0.2, 0.25) is 0 Å². The molecule has 0 fully saturated rings. The van der Waals surface area contributed by atoms with Crippen molar-refractivity contribution in [3.05, 3.63) is 40.2 Å². The lowest BCUT2D eigenvalue weighted by Crippen LogP contribution is -2.05. The van der Waals surface area contributed by atoms with Crippen LogP contribution in [0.1, 0.15) is 20.9 Å². The molecule has 4 nitrogen and oxygen atoms in total. The summed E-state index contributed by atoms with van der Waals surface area (Å²) in [5.74, 6) is -0.544. The molecule has 0 amide bonds. The third-order valence-electron chi connectivity index (χ3n) is 2.52. The van der Waals surface area contributed by atoms with Gasteiger partial charge in [0.05, 0.1) is 12.8 Å². The Morgan fingerprint density at radius 2 is 2.28 bits per heavy atom. The minimum atomic E-state index is -0.497. The zero-order valence-electron chi connectivity index (χ0n) is 9.94. The van der Waals surface area contributed by atoms with Gasteiger partial charge in [0.2, 0.25) is 0 Å². The number of ketones is 1. The molecule has 1 heterocycles. The molecule has 0 saturated carbocycles. The van der Waals surface area contributed by atoms with E-state index >= 15 is 0 Å². The highest BCUT2D eigenvalue weighted by molar-refractivity contribution is 7.08. The summed E-state index contributed by atoms with van der Waals surface area (Å²) in [7, 11) is 1.39. The molecule has 1 aromatic carbocycles. The molecule has 2 aromatic rings. The largest absolute Gasteiger partial charge is 0.494 e. The number of benzene rings is 1. The predicted molar refractivity (Wildman–Crippen MR) is 65.6 cm³/mol. The normalized spacial score (nSPS) is 10.4. The lowest BCUT2D eigenvalue weighted by Gasteiger charge is -2.06. The number of Topliss-reactive ketones (excluding diaryl/α,β-unsaturated/α-hetero) is 1. The second kappa shape index (κ2) is 5.22. The van der Waals surface area contributed by atoms with Crippen LogP contribution in [0.5, 0.6) is 5.75 Å². The molecule has 18 heavy (non-hydrogen) atoms. The number of hydrogen-bond acceptors (Lipinski definition) is 5. The van der Waals surface area contributed by atoms with E-state index in [-0.39, 0.29) is 18.0 Å². The minimum absolute atomic E-state index is 0.0201. The van der Waals surface area contributed by atoms with Crippen LogP contribution in [0.15, 0.2) is 18.2 Å². The monoisotopic (exact) mass is 266 g/mol. The Bertz CT molecular complexity index is 583. The summed E-state index contributed by atoms with van der Waals surface area (Å²) in [5, 5.41) is 3.76.